The molecule has 1 aromatic rings. The van der Waals surface area contributed by atoms with Crippen molar-refractivity contribution in [2.75, 3.05) is 25.1 Å². The van der Waals surface area contributed by atoms with E-state index in [9.17, 15) is 9.50 Å². The van der Waals surface area contributed by atoms with E-state index in [0.717, 1.165) is 23.6 Å². The van der Waals surface area contributed by atoms with Gasteiger partial charge in [-0.05, 0) is 37.2 Å². The third-order valence-electron chi connectivity index (χ3n) is 3.37. The van der Waals surface area contributed by atoms with E-state index in [0.29, 0.717) is 5.56 Å². The van der Waals surface area contributed by atoms with Crippen molar-refractivity contribution in [3.05, 3.63) is 35.1 Å². The number of aliphatic hydroxyl groups is 1. The first-order valence-electron chi connectivity index (χ1n) is 5.81. The van der Waals surface area contributed by atoms with E-state index in [1.165, 1.54) is 12.1 Å². The fourth-order valence-electron chi connectivity index (χ4n) is 2.18. The number of likely N-dealkylation sites (N-methyl/N-ethyl adjacent to an activating group) is 1. The lowest BCUT2D eigenvalue weighted by molar-refractivity contribution is 0.0751. The molecule has 0 radical (unpaired) electrons. The summed E-state index contributed by atoms with van der Waals surface area (Å²) in [5.74, 6) is 1.71. The molecule has 2 atom stereocenters. The van der Waals surface area contributed by atoms with Gasteiger partial charge in [-0.1, -0.05) is 6.07 Å². The average molecular weight is 255 g/mol. The molecule has 94 valence electrons. The number of thioether (sulfide) groups is 1. The van der Waals surface area contributed by atoms with Crippen LogP contribution in [-0.4, -0.2) is 41.1 Å². The zero-order chi connectivity index (χ0) is 12.4. The van der Waals surface area contributed by atoms with Gasteiger partial charge in [-0.15, -0.1) is 0 Å². The van der Waals surface area contributed by atoms with E-state index >= 15 is 0 Å². The molecule has 0 aliphatic carbocycles. The Morgan fingerprint density at radius 2 is 2.29 bits per heavy atom. The smallest absolute Gasteiger partial charge is 0.123 e. The molecule has 2 unspecified atom stereocenters. The lowest BCUT2D eigenvalue weighted by Gasteiger charge is -2.35. The second-order valence-electron chi connectivity index (χ2n) is 4.57. The summed E-state index contributed by atoms with van der Waals surface area (Å²) in [6.07, 6.45) is -0.608. The van der Waals surface area contributed by atoms with Crippen LogP contribution in [0.2, 0.25) is 0 Å². The fraction of sp³-hybridized carbons (Fsp3) is 0.538. The quantitative estimate of drug-likeness (QED) is 0.876. The van der Waals surface area contributed by atoms with Gasteiger partial charge in [0, 0.05) is 24.1 Å². The number of aliphatic hydroxyl groups excluding tert-OH is 1. The van der Waals surface area contributed by atoms with E-state index in [1.54, 1.807) is 6.07 Å². The number of aryl methyl sites for hydroxylation is 1. The van der Waals surface area contributed by atoms with Crippen molar-refractivity contribution in [1.29, 1.82) is 0 Å². The minimum atomic E-state index is -0.608. The van der Waals surface area contributed by atoms with Gasteiger partial charge in [-0.3, -0.25) is 4.90 Å². The van der Waals surface area contributed by atoms with Crippen LogP contribution in [0.25, 0.3) is 0 Å². The number of nitrogens with zero attached hydrogens (tertiary/aromatic N) is 1. The molecule has 2 nitrogen and oxygen atoms in total. The van der Waals surface area contributed by atoms with Gasteiger partial charge in [-0.2, -0.15) is 11.8 Å². The van der Waals surface area contributed by atoms with Crippen LogP contribution < -0.4 is 0 Å². The van der Waals surface area contributed by atoms with Crippen LogP contribution in [-0.2, 0) is 0 Å². The van der Waals surface area contributed by atoms with Gasteiger partial charge in [0.15, 0.2) is 0 Å². The normalized spacial score (nSPS) is 23.6. The summed E-state index contributed by atoms with van der Waals surface area (Å²) in [4.78, 5) is 2.16. The number of halogens is 1. The molecule has 0 amide bonds. The van der Waals surface area contributed by atoms with Crippen molar-refractivity contribution in [3.63, 3.8) is 0 Å². The van der Waals surface area contributed by atoms with Gasteiger partial charge in [0.1, 0.15) is 5.82 Å². The van der Waals surface area contributed by atoms with Gasteiger partial charge >= 0.3 is 0 Å². The monoisotopic (exact) mass is 255 g/mol. The third-order valence-corrected chi connectivity index (χ3v) is 4.42. The lowest BCUT2D eigenvalue weighted by atomic mass is 9.97. The van der Waals surface area contributed by atoms with Gasteiger partial charge in [0.05, 0.1) is 6.10 Å². The summed E-state index contributed by atoms with van der Waals surface area (Å²) in [5.41, 5.74) is 1.66. The number of benzene rings is 1. The molecule has 1 N–H and O–H groups in total. The van der Waals surface area contributed by atoms with E-state index in [-0.39, 0.29) is 11.9 Å². The average Bonchev–Trinajstić information content (AvgIpc) is 2.32. The van der Waals surface area contributed by atoms with Gasteiger partial charge < -0.3 is 5.11 Å². The first-order valence-corrected chi connectivity index (χ1v) is 6.97. The topological polar surface area (TPSA) is 23.5 Å². The highest BCUT2D eigenvalue weighted by Gasteiger charge is 2.28. The molecule has 0 aromatic heterocycles. The Balaban J connectivity index is 2.23. The first-order chi connectivity index (χ1) is 8.09. The van der Waals surface area contributed by atoms with Crippen molar-refractivity contribution < 1.29 is 9.50 Å². The molecule has 1 heterocycles. The maximum atomic E-state index is 13.2. The number of hydrogen-bond donors (Lipinski definition) is 1. The Labute approximate surface area is 106 Å². The van der Waals surface area contributed by atoms with Crippen LogP contribution in [0.3, 0.4) is 0 Å². The summed E-state index contributed by atoms with van der Waals surface area (Å²) in [5, 5.41) is 10.4. The van der Waals surface area contributed by atoms with Crippen LogP contribution in [0.1, 0.15) is 17.2 Å². The highest BCUT2D eigenvalue weighted by Crippen LogP contribution is 2.28. The Hall–Kier alpha value is -0.580. The maximum Gasteiger partial charge on any atom is 0.123 e. The van der Waals surface area contributed by atoms with E-state index in [2.05, 4.69) is 4.90 Å². The van der Waals surface area contributed by atoms with Gasteiger partial charge in [0.2, 0.25) is 0 Å². The van der Waals surface area contributed by atoms with Crippen LogP contribution >= 0.6 is 11.8 Å². The highest BCUT2D eigenvalue weighted by atomic mass is 32.2. The van der Waals surface area contributed by atoms with Crippen LogP contribution in [0.15, 0.2) is 18.2 Å². The van der Waals surface area contributed by atoms with Crippen molar-refractivity contribution in [3.8, 4) is 0 Å². The number of rotatable bonds is 2. The summed E-state index contributed by atoms with van der Waals surface area (Å²) < 4.78 is 13.2. The van der Waals surface area contributed by atoms with Gasteiger partial charge in [0.25, 0.3) is 0 Å². The van der Waals surface area contributed by atoms with Crippen LogP contribution in [0, 0.1) is 12.7 Å². The summed E-state index contributed by atoms with van der Waals surface area (Å²) in [6, 6.07) is 4.69. The van der Waals surface area contributed by atoms with E-state index in [4.69, 9.17) is 0 Å². The Morgan fingerprint density at radius 1 is 1.53 bits per heavy atom. The summed E-state index contributed by atoms with van der Waals surface area (Å²) in [6.45, 7) is 2.88. The summed E-state index contributed by atoms with van der Waals surface area (Å²) >= 11 is 1.84. The molecule has 1 aliphatic rings. The molecule has 0 saturated carbocycles. The van der Waals surface area contributed by atoms with Crippen molar-refractivity contribution >= 4 is 11.8 Å². The van der Waals surface area contributed by atoms with Crippen LogP contribution in [0.4, 0.5) is 4.39 Å². The molecule has 17 heavy (non-hydrogen) atoms. The van der Waals surface area contributed by atoms with Crippen molar-refractivity contribution in [2.24, 2.45) is 0 Å². The summed E-state index contributed by atoms with van der Waals surface area (Å²) in [7, 11) is 2.02. The second-order valence-corrected chi connectivity index (χ2v) is 5.72. The van der Waals surface area contributed by atoms with Gasteiger partial charge in [-0.25, -0.2) is 4.39 Å². The van der Waals surface area contributed by atoms with Crippen LogP contribution in [0.5, 0.6) is 0 Å². The third kappa shape index (κ3) is 2.81. The van der Waals surface area contributed by atoms with E-state index in [1.807, 2.05) is 25.7 Å². The minimum absolute atomic E-state index is 0.0780. The Kier molecular flexibility index (Phi) is 4.07. The first kappa shape index (κ1) is 12.9. The molecule has 4 heteroatoms. The molecular weight excluding hydrogens is 237 g/mol. The maximum absolute atomic E-state index is 13.2. The molecular formula is C13H18FNOS. The highest BCUT2D eigenvalue weighted by molar-refractivity contribution is 7.99. The Bertz CT molecular complexity index is 399. The molecule has 1 fully saturated rings. The standard InChI is InChI=1S/C13H18FNOS/c1-9-3-4-10(14)7-11(9)13(16)12-8-17-6-5-15(12)2/h3-4,7,12-13,16H,5-6,8H2,1-2H3. The zero-order valence-electron chi connectivity index (χ0n) is 10.2. The van der Waals surface area contributed by atoms with E-state index < -0.39 is 6.10 Å². The predicted octanol–water partition coefficient (Wildman–Crippen LogP) is 2.21. The Morgan fingerprint density at radius 3 is 3.00 bits per heavy atom. The van der Waals surface area contributed by atoms with Crippen molar-refractivity contribution in [2.45, 2.75) is 19.1 Å². The zero-order valence-corrected chi connectivity index (χ0v) is 11.0. The minimum Gasteiger partial charge on any atom is -0.387 e. The molecule has 1 aliphatic heterocycles. The molecule has 2 rings (SSSR count). The molecule has 0 bridgehead atoms. The molecule has 0 spiro atoms. The lowest BCUT2D eigenvalue weighted by Crippen LogP contribution is -2.43. The van der Waals surface area contributed by atoms with Crippen molar-refractivity contribution in [1.82, 2.24) is 4.90 Å². The largest absolute Gasteiger partial charge is 0.387 e. The second kappa shape index (κ2) is 5.38. The molecule has 1 saturated heterocycles. The predicted molar refractivity (Wildman–Crippen MR) is 69.8 cm³/mol. The molecule has 1 aromatic carbocycles. The number of hydrogen-bond acceptors (Lipinski definition) is 3. The SMILES string of the molecule is Cc1ccc(F)cc1C(O)C1CSCCN1C. The fourth-order valence-corrected chi connectivity index (χ4v) is 3.44.